The minimum Gasteiger partial charge on any atom is -0.316 e. The largest absolute Gasteiger partial charge is 0.316 e. The van der Waals surface area contributed by atoms with Crippen molar-refractivity contribution in [3.8, 4) is 0 Å². The van der Waals surface area contributed by atoms with Gasteiger partial charge in [0.25, 0.3) is 0 Å². The van der Waals surface area contributed by atoms with Crippen LogP contribution in [0.2, 0.25) is 10.0 Å². The first kappa shape index (κ1) is 13.0. The van der Waals surface area contributed by atoms with Crippen LogP contribution in [-0.2, 0) is 0 Å². The Hall–Kier alpha value is -1.02. The van der Waals surface area contributed by atoms with Crippen LogP contribution in [0.3, 0.4) is 0 Å². The number of rotatable bonds is 3. The summed E-state index contributed by atoms with van der Waals surface area (Å²) in [4.78, 5) is 0. The van der Waals surface area contributed by atoms with E-state index in [-0.39, 0.29) is 5.92 Å². The van der Waals surface area contributed by atoms with Crippen LogP contribution in [0.5, 0.6) is 0 Å². The fraction of sp³-hybridized carbons (Fsp3) is 0.250. The van der Waals surface area contributed by atoms with Crippen LogP contribution >= 0.6 is 23.2 Å². The summed E-state index contributed by atoms with van der Waals surface area (Å²) in [7, 11) is 0. The molecular formula is C16H15Cl2N. The number of hydrogen-bond donors (Lipinski definition) is 1. The van der Waals surface area contributed by atoms with Crippen molar-refractivity contribution < 1.29 is 0 Å². The van der Waals surface area contributed by atoms with E-state index in [0.717, 1.165) is 23.1 Å². The second-order valence-electron chi connectivity index (χ2n) is 4.94. The van der Waals surface area contributed by atoms with Crippen LogP contribution in [0.25, 0.3) is 0 Å². The van der Waals surface area contributed by atoms with Gasteiger partial charge < -0.3 is 5.32 Å². The molecule has 2 aromatic carbocycles. The third-order valence-corrected chi connectivity index (χ3v) is 4.45. The first-order chi connectivity index (χ1) is 9.27. The number of hydrogen-bond acceptors (Lipinski definition) is 1. The number of halogens is 2. The zero-order chi connectivity index (χ0) is 13.2. The molecule has 0 aliphatic carbocycles. The minimum absolute atomic E-state index is 0.267. The van der Waals surface area contributed by atoms with Gasteiger partial charge in [0.2, 0.25) is 0 Å². The van der Waals surface area contributed by atoms with Gasteiger partial charge >= 0.3 is 0 Å². The van der Waals surface area contributed by atoms with Gasteiger partial charge in [0.15, 0.2) is 0 Å². The van der Waals surface area contributed by atoms with E-state index in [0.29, 0.717) is 5.92 Å². The van der Waals surface area contributed by atoms with Crippen LogP contribution in [0.4, 0.5) is 0 Å². The minimum atomic E-state index is 0.267. The lowest BCUT2D eigenvalue weighted by Crippen LogP contribution is -2.45. The summed E-state index contributed by atoms with van der Waals surface area (Å²) in [6.45, 7) is 2.03. The standard InChI is InChI=1S/C16H15Cl2N/c17-14-7-3-1-5-12(14)16(11-9-19-10-11)13-6-2-4-8-15(13)18/h1-8,11,16,19H,9-10H2. The molecule has 2 aromatic rings. The molecule has 0 bridgehead atoms. The quantitative estimate of drug-likeness (QED) is 0.887. The number of benzene rings is 2. The highest BCUT2D eigenvalue weighted by molar-refractivity contribution is 6.32. The molecule has 19 heavy (non-hydrogen) atoms. The van der Waals surface area contributed by atoms with Gasteiger partial charge in [-0.1, -0.05) is 59.6 Å². The normalized spacial score (nSPS) is 15.5. The zero-order valence-corrected chi connectivity index (χ0v) is 12.0. The molecule has 1 aliphatic heterocycles. The smallest absolute Gasteiger partial charge is 0.0444 e. The number of nitrogens with one attached hydrogen (secondary N) is 1. The van der Waals surface area contributed by atoms with Gasteiger partial charge in [-0.15, -0.1) is 0 Å². The summed E-state index contributed by atoms with van der Waals surface area (Å²) < 4.78 is 0. The van der Waals surface area contributed by atoms with Crippen molar-refractivity contribution in [2.45, 2.75) is 5.92 Å². The van der Waals surface area contributed by atoms with Gasteiger partial charge in [0, 0.05) is 29.1 Å². The van der Waals surface area contributed by atoms with E-state index in [9.17, 15) is 0 Å². The van der Waals surface area contributed by atoms with Crippen LogP contribution in [0, 0.1) is 5.92 Å². The van der Waals surface area contributed by atoms with Crippen LogP contribution in [0.15, 0.2) is 48.5 Å². The molecular weight excluding hydrogens is 277 g/mol. The Morgan fingerprint density at radius 2 is 1.32 bits per heavy atom. The molecule has 1 nitrogen and oxygen atoms in total. The zero-order valence-electron chi connectivity index (χ0n) is 10.4. The van der Waals surface area contributed by atoms with E-state index in [1.807, 2.05) is 36.4 Å². The molecule has 0 saturated carbocycles. The maximum absolute atomic E-state index is 6.38. The molecule has 1 N–H and O–H groups in total. The lowest BCUT2D eigenvalue weighted by Gasteiger charge is -2.36. The predicted octanol–water partition coefficient (Wildman–Crippen LogP) is 4.34. The molecule has 0 radical (unpaired) electrons. The van der Waals surface area contributed by atoms with Crippen molar-refractivity contribution in [2.24, 2.45) is 5.92 Å². The molecule has 0 unspecified atom stereocenters. The Bertz CT molecular complexity index is 533. The molecule has 0 aromatic heterocycles. The molecule has 0 spiro atoms. The molecule has 0 amide bonds. The third kappa shape index (κ3) is 2.51. The van der Waals surface area contributed by atoms with Crippen LogP contribution in [-0.4, -0.2) is 13.1 Å². The second-order valence-corrected chi connectivity index (χ2v) is 5.75. The molecule has 1 aliphatic rings. The van der Waals surface area contributed by atoms with Crippen molar-refractivity contribution in [3.63, 3.8) is 0 Å². The molecule has 0 atom stereocenters. The first-order valence-electron chi connectivity index (χ1n) is 6.47. The maximum atomic E-state index is 6.38. The van der Waals surface area contributed by atoms with E-state index < -0.39 is 0 Å². The molecule has 1 heterocycles. The van der Waals surface area contributed by atoms with Crippen molar-refractivity contribution >= 4 is 23.2 Å². The van der Waals surface area contributed by atoms with Crippen molar-refractivity contribution in [1.29, 1.82) is 0 Å². The Kier molecular flexibility index (Phi) is 3.79. The van der Waals surface area contributed by atoms with E-state index in [2.05, 4.69) is 17.4 Å². The van der Waals surface area contributed by atoms with Crippen molar-refractivity contribution in [3.05, 3.63) is 69.7 Å². The van der Waals surface area contributed by atoms with Crippen LogP contribution < -0.4 is 5.32 Å². The highest BCUT2D eigenvalue weighted by Crippen LogP contribution is 2.40. The average molecular weight is 292 g/mol. The summed E-state index contributed by atoms with van der Waals surface area (Å²) in [5.74, 6) is 0.823. The lowest BCUT2D eigenvalue weighted by atomic mass is 9.77. The lowest BCUT2D eigenvalue weighted by molar-refractivity contribution is 0.315. The van der Waals surface area contributed by atoms with Gasteiger partial charge in [-0.2, -0.15) is 0 Å². The van der Waals surface area contributed by atoms with E-state index in [1.165, 1.54) is 11.1 Å². The fourth-order valence-electron chi connectivity index (χ4n) is 2.68. The highest BCUT2D eigenvalue weighted by Gasteiger charge is 2.31. The molecule has 1 fully saturated rings. The van der Waals surface area contributed by atoms with Crippen LogP contribution in [0.1, 0.15) is 17.0 Å². The SMILES string of the molecule is Clc1ccccc1C(c1ccccc1Cl)C1CNC1. The Morgan fingerprint density at radius 1 is 0.842 bits per heavy atom. The maximum Gasteiger partial charge on any atom is 0.0444 e. The Labute approximate surface area is 123 Å². The topological polar surface area (TPSA) is 12.0 Å². The summed E-state index contributed by atoms with van der Waals surface area (Å²) in [5.41, 5.74) is 2.34. The van der Waals surface area contributed by atoms with E-state index in [1.54, 1.807) is 0 Å². The van der Waals surface area contributed by atoms with Gasteiger partial charge in [-0.25, -0.2) is 0 Å². The summed E-state index contributed by atoms with van der Waals surface area (Å²) in [5, 5.41) is 4.97. The second kappa shape index (κ2) is 5.54. The van der Waals surface area contributed by atoms with Gasteiger partial charge in [0.05, 0.1) is 0 Å². The predicted molar refractivity (Wildman–Crippen MR) is 81.1 cm³/mol. The Morgan fingerprint density at radius 3 is 1.68 bits per heavy atom. The van der Waals surface area contributed by atoms with Gasteiger partial charge in [-0.3, -0.25) is 0 Å². The Balaban J connectivity index is 2.08. The monoisotopic (exact) mass is 291 g/mol. The van der Waals surface area contributed by atoms with E-state index in [4.69, 9.17) is 23.2 Å². The molecule has 3 heteroatoms. The van der Waals surface area contributed by atoms with Gasteiger partial charge in [-0.05, 0) is 29.2 Å². The van der Waals surface area contributed by atoms with E-state index >= 15 is 0 Å². The van der Waals surface area contributed by atoms with Crippen molar-refractivity contribution in [1.82, 2.24) is 5.32 Å². The van der Waals surface area contributed by atoms with Gasteiger partial charge in [0.1, 0.15) is 0 Å². The summed E-state index contributed by atoms with van der Waals surface area (Å²) >= 11 is 12.8. The molecule has 3 rings (SSSR count). The fourth-order valence-corrected chi connectivity index (χ4v) is 3.18. The third-order valence-electron chi connectivity index (χ3n) is 3.77. The summed E-state index contributed by atoms with van der Waals surface area (Å²) in [6.07, 6.45) is 0. The highest BCUT2D eigenvalue weighted by atomic mass is 35.5. The average Bonchev–Trinajstić information content (AvgIpc) is 2.36. The summed E-state index contributed by atoms with van der Waals surface area (Å²) in [6, 6.07) is 16.1. The first-order valence-corrected chi connectivity index (χ1v) is 7.22. The molecule has 98 valence electrons. The van der Waals surface area contributed by atoms with Crippen molar-refractivity contribution in [2.75, 3.05) is 13.1 Å². The molecule has 1 saturated heterocycles.